The summed E-state index contributed by atoms with van der Waals surface area (Å²) < 4.78 is 0. The highest BCUT2D eigenvalue weighted by Gasteiger charge is 2.29. The van der Waals surface area contributed by atoms with E-state index >= 15 is 0 Å². The van der Waals surface area contributed by atoms with Gasteiger partial charge in [-0.1, -0.05) is 17.7 Å². The third-order valence-corrected chi connectivity index (χ3v) is 6.04. The summed E-state index contributed by atoms with van der Waals surface area (Å²) in [5.41, 5.74) is 0.705. The molecule has 2 atom stereocenters. The molecular weight excluding hydrogens is 352 g/mol. The standard InChI is InChI=1S/C16H15ClN2O2S2/c1-9(12-3-2-6-22-12)18-15(20)8-14-16(21)19-11-7-10(17)4-5-13(11)23-14/h2-7,9,14H,8H2,1H3,(H,18,20)(H,19,21)/t9-,14-/m1/s1. The number of thioether (sulfide) groups is 1. The summed E-state index contributed by atoms with van der Waals surface area (Å²) in [6.45, 7) is 1.94. The largest absolute Gasteiger partial charge is 0.349 e. The van der Waals surface area contributed by atoms with Crippen molar-refractivity contribution in [2.75, 3.05) is 5.32 Å². The molecule has 0 spiro atoms. The fraction of sp³-hybridized carbons (Fsp3) is 0.250. The second kappa shape index (κ2) is 6.95. The molecule has 3 rings (SSSR count). The predicted octanol–water partition coefficient (Wildman–Crippen LogP) is 4.08. The van der Waals surface area contributed by atoms with Crippen molar-refractivity contribution in [3.8, 4) is 0 Å². The molecule has 0 bridgehead atoms. The fourth-order valence-corrected chi connectivity index (χ4v) is 4.33. The lowest BCUT2D eigenvalue weighted by molar-refractivity contribution is -0.124. The van der Waals surface area contributed by atoms with E-state index in [0.29, 0.717) is 10.7 Å². The number of benzene rings is 1. The molecule has 2 aromatic rings. The molecular formula is C16H15ClN2O2S2. The number of carbonyl (C=O) groups is 2. The van der Waals surface area contributed by atoms with E-state index in [2.05, 4.69) is 10.6 Å². The highest BCUT2D eigenvalue weighted by Crippen LogP contribution is 2.38. The fourth-order valence-electron chi connectivity index (χ4n) is 2.33. The summed E-state index contributed by atoms with van der Waals surface area (Å²) in [4.78, 5) is 26.4. The highest BCUT2D eigenvalue weighted by molar-refractivity contribution is 8.01. The number of hydrogen-bond donors (Lipinski definition) is 2. The number of fused-ring (bicyclic) bond motifs is 1. The van der Waals surface area contributed by atoms with Gasteiger partial charge in [0.25, 0.3) is 0 Å². The number of amides is 2. The first-order valence-corrected chi connectivity index (χ1v) is 9.26. The molecule has 2 N–H and O–H groups in total. The summed E-state index contributed by atoms with van der Waals surface area (Å²) >= 11 is 8.93. The molecule has 2 amide bonds. The van der Waals surface area contributed by atoms with Crippen LogP contribution in [0.15, 0.2) is 40.6 Å². The molecule has 1 aromatic heterocycles. The average molecular weight is 367 g/mol. The Morgan fingerprint density at radius 2 is 2.26 bits per heavy atom. The first kappa shape index (κ1) is 16.4. The lowest BCUT2D eigenvalue weighted by atomic mass is 10.2. The quantitative estimate of drug-likeness (QED) is 0.857. The molecule has 0 unspecified atom stereocenters. The highest BCUT2D eigenvalue weighted by atomic mass is 35.5. The lowest BCUT2D eigenvalue weighted by Crippen LogP contribution is -2.35. The second-order valence-corrected chi connectivity index (χ2v) is 7.91. The van der Waals surface area contributed by atoms with Crippen LogP contribution in [0.2, 0.25) is 5.02 Å². The number of rotatable bonds is 4. The molecule has 0 radical (unpaired) electrons. The van der Waals surface area contributed by atoms with Gasteiger partial charge in [0, 0.05) is 21.2 Å². The minimum Gasteiger partial charge on any atom is -0.349 e. The van der Waals surface area contributed by atoms with Crippen molar-refractivity contribution in [1.29, 1.82) is 0 Å². The van der Waals surface area contributed by atoms with Crippen molar-refractivity contribution >= 4 is 52.2 Å². The molecule has 0 saturated carbocycles. The number of carbonyl (C=O) groups excluding carboxylic acids is 2. The van der Waals surface area contributed by atoms with Crippen LogP contribution in [-0.4, -0.2) is 17.1 Å². The van der Waals surface area contributed by atoms with Gasteiger partial charge in [-0.3, -0.25) is 9.59 Å². The number of anilines is 1. The number of nitrogens with one attached hydrogen (secondary N) is 2. The molecule has 1 aliphatic heterocycles. The van der Waals surface area contributed by atoms with E-state index in [1.54, 1.807) is 23.5 Å². The van der Waals surface area contributed by atoms with E-state index in [-0.39, 0.29) is 24.3 Å². The van der Waals surface area contributed by atoms with Gasteiger partial charge in [0.15, 0.2) is 0 Å². The molecule has 4 nitrogen and oxygen atoms in total. The molecule has 1 aliphatic rings. The van der Waals surface area contributed by atoms with Gasteiger partial charge in [0.05, 0.1) is 17.0 Å². The van der Waals surface area contributed by atoms with Crippen LogP contribution in [0.1, 0.15) is 24.3 Å². The molecule has 7 heteroatoms. The lowest BCUT2D eigenvalue weighted by Gasteiger charge is -2.24. The molecule has 23 heavy (non-hydrogen) atoms. The van der Waals surface area contributed by atoms with E-state index in [1.165, 1.54) is 11.8 Å². The van der Waals surface area contributed by atoms with Crippen LogP contribution in [-0.2, 0) is 9.59 Å². The zero-order valence-corrected chi connectivity index (χ0v) is 14.7. The molecule has 0 fully saturated rings. The Morgan fingerprint density at radius 3 is 3.00 bits per heavy atom. The van der Waals surface area contributed by atoms with Crippen LogP contribution >= 0.6 is 34.7 Å². The van der Waals surface area contributed by atoms with Crippen molar-refractivity contribution < 1.29 is 9.59 Å². The SMILES string of the molecule is C[C@@H](NC(=O)C[C@H]1Sc2ccc(Cl)cc2NC1=O)c1cccs1. The zero-order valence-electron chi connectivity index (χ0n) is 12.3. The Labute approximate surface area is 147 Å². The van der Waals surface area contributed by atoms with Gasteiger partial charge in [-0.25, -0.2) is 0 Å². The second-order valence-electron chi connectivity index (χ2n) is 5.24. The van der Waals surface area contributed by atoms with Crippen molar-refractivity contribution in [3.05, 3.63) is 45.6 Å². The minimum absolute atomic E-state index is 0.0507. The molecule has 0 saturated heterocycles. The van der Waals surface area contributed by atoms with Crippen molar-refractivity contribution in [2.24, 2.45) is 0 Å². The van der Waals surface area contributed by atoms with Crippen LogP contribution in [0, 0.1) is 0 Å². The zero-order chi connectivity index (χ0) is 16.4. The molecule has 120 valence electrons. The van der Waals surface area contributed by atoms with E-state index in [0.717, 1.165) is 9.77 Å². The first-order chi connectivity index (χ1) is 11.0. The van der Waals surface area contributed by atoms with Gasteiger partial charge in [-0.05, 0) is 36.6 Å². The van der Waals surface area contributed by atoms with Crippen LogP contribution < -0.4 is 10.6 Å². The Balaban J connectivity index is 1.63. The Morgan fingerprint density at radius 1 is 1.43 bits per heavy atom. The molecule has 2 heterocycles. The number of thiophene rings is 1. The summed E-state index contributed by atoms with van der Waals surface area (Å²) in [6, 6.07) is 9.25. The smallest absolute Gasteiger partial charge is 0.238 e. The summed E-state index contributed by atoms with van der Waals surface area (Å²) in [5, 5.41) is 7.88. The number of hydrogen-bond acceptors (Lipinski definition) is 4. The predicted molar refractivity (Wildman–Crippen MR) is 95.2 cm³/mol. The Kier molecular flexibility index (Phi) is 4.94. The van der Waals surface area contributed by atoms with Crippen LogP contribution in [0.25, 0.3) is 0 Å². The summed E-state index contributed by atoms with van der Waals surface area (Å²) in [6.07, 6.45) is 0.147. The van der Waals surface area contributed by atoms with Crippen molar-refractivity contribution in [1.82, 2.24) is 5.32 Å². The third kappa shape index (κ3) is 3.88. The van der Waals surface area contributed by atoms with Gasteiger partial charge in [0.1, 0.15) is 0 Å². The van der Waals surface area contributed by atoms with Gasteiger partial charge in [-0.2, -0.15) is 0 Å². The van der Waals surface area contributed by atoms with Gasteiger partial charge >= 0.3 is 0 Å². The maximum atomic E-state index is 12.2. The van der Waals surface area contributed by atoms with Gasteiger partial charge in [-0.15, -0.1) is 23.1 Å². The molecule has 1 aromatic carbocycles. The minimum atomic E-state index is -0.431. The molecule has 0 aliphatic carbocycles. The Hall–Kier alpha value is -1.50. The van der Waals surface area contributed by atoms with Crippen molar-refractivity contribution in [2.45, 2.75) is 29.5 Å². The van der Waals surface area contributed by atoms with E-state index < -0.39 is 5.25 Å². The van der Waals surface area contributed by atoms with Gasteiger partial charge in [0.2, 0.25) is 11.8 Å². The topological polar surface area (TPSA) is 58.2 Å². The van der Waals surface area contributed by atoms with Crippen LogP contribution in [0.5, 0.6) is 0 Å². The van der Waals surface area contributed by atoms with E-state index in [1.807, 2.05) is 30.5 Å². The summed E-state index contributed by atoms with van der Waals surface area (Å²) in [5.74, 6) is -0.292. The monoisotopic (exact) mass is 366 g/mol. The maximum Gasteiger partial charge on any atom is 0.238 e. The van der Waals surface area contributed by atoms with Crippen molar-refractivity contribution in [3.63, 3.8) is 0 Å². The number of halogens is 1. The third-order valence-electron chi connectivity index (χ3n) is 3.48. The summed E-state index contributed by atoms with van der Waals surface area (Å²) in [7, 11) is 0. The van der Waals surface area contributed by atoms with Crippen LogP contribution in [0.3, 0.4) is 0 Å². The average Bonchev–Trinajstić information content (AvgIpc) is 3.02. The van der Waals surface area contributed by atoms with E-state index in [4.69, 9.17) is 11.6 Å². The first-order valence-electron chi connectivity index (χ1n) is 7.13. The normalized spacial score (nSPS) is 18.0. The van der Waals surface area contributed by atoms with E-state index in [9.17, 15) is 9.59 Å². The Bertz CT molecular complexity index is 734. The van der Waals surface area contributed by atoms with Crippen LogP contribution in [0.4, 0.5) is 5.69 Å². The van der Waals surface area contributed by atoms with Gasteiger partial charge < -0.3 is 10.6 Å². The maximum absolute atomic E-state index is 12.2.